The van der Waals surface area contributed by atoms with Gasteiger partial charge in [0.2, 0.25) is 0 Å². The van der Waals surface area contributed by atoms with Crippen LogP contribution >= 0.6 is 0 Å². The predicted molar refractivity (Wildman–Crippen MR) is 132 cm³/mol. The molecule has 2 unspecified atom stereocenters. The number of anilines is 1. The first-order valence-corrected chi connectivity index (χ1v) is 12.1. The minimum Gasteiger partial charge on any atom is -0.392 e. The maximum Gasteiger partial charge on any atom is 0.157 e. The van der Waals surface area contributed by atoms with E-state index in [0.717, 1.165) is 0 Å². The second kappa shape index (κ2) is 6.07. The Hall–Kier alpha value is -3.36. The van der Waals surface area contributed by atoms with Gasteiger partial charge in [-0.15, -0.1) is 0 Å². The van der Waals surface area contributed by atoms with Crippen LogP contribution in [0.15, 0.2) is 103 Å². The molecule has 1 aliphatic heterocycles. The highest BCUT2D eigenvalue weighted by atomic mass is 28.2. The molecule has 0 fully saturated rings. The van der Waals surface area contributed by atoms with Crippen molar-refractivity contribution in [1.29, 1.82) is 0 Å². The van der Waals surface area contributed by atoms with Gasteiger partial charge in [0, 0.05) is 17.6 Å². The Labute approximate surface area is 178 Å². The zero-order valence-corrected chi connectivity index (χ0v) is 18.0. The first kappa shape index (κ1) is 16.4. The lowest BCUT2D eigenvalue weighted by atomic mass is 9.92. The van der Waals surface area contributed by atoms with E-state index < -0.39 is 9.68 Å². The molecule has 1 heterocycles. The van der Waals surface area contributed by atoms with Gasteiger partial charge in [-0.1, -0.05) is 97.1 Å². The molecule has 5 aromatic carbocycles. The largest absolute Gasteiger partial charge is 0.392 e. The van der Waals surface area contributed by atoms with Crippen molar-refractivity contribution in [2.24, 2.45) is 0 Å². The van der Waals surface area contributed by atoms with E-state index in [0.29, 0.717) is 12.0 Å². The molecule has 0 radical (unpaired) electrons. The molecular formula is C28H21NSi. The fraction of sp³-hybridized carbons (Fsp3) is 0.0714. The van der Waals surface area contributed by atoms with Crippen molar-refractivity contribution in [3.05, 3.63) is 109 Å². The fourth-order valence-corrected chi connectivity index (χ4v) is 7.75. The Morgan fingerprint density at radius 1 is 0.633 bits per heavy atom. The molecular weight excluding hydrogens is 378 g/mol. The van der Waals surface area contributed by atoms with Gasteiger partial charge in [-0.05, 0) is 49.1 Å². The van der Waals surface area contributed by atoms with E-state index in [-0.39, 0.29) is 0 Å². The molecule has 1 nitrogen and oxygen atoms in total. The van der Waals surface area contributed by atoms with Crippen LogP contribution in [-0.4, -0.2) is 15.7 Å². The predicted octanol–water partition coefficient (Wildman–Crippen LogP) is 5.39. The maximum absolute atomic E-state index is 2.73. The molecule has 2 atom stereocenters. The highest BCUT2D eigenvalue weighted by Gasteiger charge is 2.36. The van der Waals surface area contributed by atoms with Gasteiger partial charge in [-0.2, -0.15) is 0 Å². The zero-order valence-electron chi connectivity index (χ0n) is 16.6. The Morgan fingerprint density at radius 3 is 2.27 bits per heavy atom. The summed E-state index contributed by atoms with van der Waals surface area (Å²) >= 11 is 0. The van der Waals surface area contributed by atoms with Gasteiger partial charge in [0.1, 0.15) is 0 Å². The third-order valence-electron chi connectivity index (χ3n) is 7.03. The molecule has 1 aliphatic carbocycles. The number of benzene rings is 5. The highest BCUT2D eigenvalue weighted by Crippen LogP contribution is 2.43. The summed E-state index contributed by atoms with van der Waals surface area (Å²) in [7, 11) is -0.678. The zero-order chi connectivity index (χ0) is 19.7. The van der Waals surface area contributed by atoms with Gasteiger partial charge in [0.15, 0.2) is 9.68 Å². The molecule has 2 aliphatic rings. The topological polar surface area (TPSA) is 3.24 Å². The van der Waals surface area contributed by atoms with Crippen LogP contribution < -0.4 is 9.75 Å². The van der Waals surface area contributed by atoms with Gasteiger partial charge in [-0.3, -0.25) is 0 Å². The van der Waals surface area contributed by atoms with Crippen molar-refractivity contribution in [3.63, 3.8) is 0 Å². The Bertz CT molecular complexity index is 1480. The fourth-order valence-electron chi connectivity index (χ4n) is 5.68. The molecule has 0 saturated heterocycles. The normalized spacial score (nSPS) is 20.2. The summed E-state index contributed by atoms with van der Waals surface area (Å²) in [6, 6.07) is 30.1. The lowest BCUT2D eigenvalue weighted by Gasteiger charge is -2.29. The van der Waals surface area contributed by atoms with Crippen LogP contribution in [0, 0.1) is 0 Å². The summed E-state index contributed by atoms with van der Waals surface area (Å²) in [5.74, 6) is 0.485. The van der Waals surface area contributed by atoms with Crippen molar-refractivity contribution < 1.29 is 0 Å². The second-order valence-corrected chi connectivity index (χ2v) is 10.3. The smallest absolute Gasteiger partial charge is 0.157 e. The van der Waals surface area contributed by atoms with Gasteiger partial charge in [0.05, 0.1) is 0 Å². The lowest BCUT2D eigenvalue weighted by Crippen LogP contribution is -2.42. The number of hydrogen-bond donors (Lipinski definition) is 0. The number of allylic oxidation sites excluding steroid dienone is 2. The average Bonchev–Trinajstić information content (AvgIpc) is 3.12. The first-order valence-electron chi connectivity index (χ1n) is 10.7. The molecule has 142 valence electrons. The SMILES string of the molecule is C1=CC2c3ccccc3N([SiH2]c3ccc4ccc5cccc6ccc3c4c56)C2C=C1. The quantitative estimate of drug-likeness (QED) is 0.284. The van der Waals surface area contributed by atoms with Gasteiger partial charge < -0.3 is 4.57 Å². The van der Waals surface area contributed by atoms with Crippen LogP contribution in [0.5, 0.6) is 0 Å². The van der Waals surface area contributed by atoms with Crippen LogP contribution in [0.1, 0.15) is 11.5 Å². The van der Waals surface area contributed by atoms with Crippen molar-refractivity contribution in [3.8, 4) is 0 Å². The summed E-state index contributed by atoms with van der Waals surface area (Å²) in [6.07, 6.45) is 9.20. The molecule has 0 saturated carbocycles. The summed E-state index contributed by atoms with van der Waals surface area (Å²) in [5, 5.41) is 9.89. The molecule has 7 rings (SSSR count). The van der Waals surface area contributed by atoms with E-state index in [2.05, 4.69) is 108 Å². The molecule has 0 N–H and O–H groups in total. The van der Waals surface area contributed by atoms with Gasteiger partial charge in [0.25, 0.3) is 0 Å². The first-order chi connectivity index (χ1) is 14.9. The minimum absolute atomic E-state index is 0.456. The average molecular weight is 400 g/mol. The third-order valence-corrected chi connectivity index (χ3v) is 9.09. The Kier molecular flexibility index (Phi) is 3.32. The monoisotopic (exact) mass is 399 g/mol. The highest BCUT2D eigenvalue weighted by molar-refractivity contribution is 6.62. The van der Waals surface area contributed by atoms with Gasteiger partial charge >= 0.3 is 0 Å². The van der Waals surface area contributed by atoms with Crippen molar-refractivity contribution in [2.75, 3.05) is 4.57 Å². The van der Waals surface area contributed by atoms with Crippen molar-refractivity contribution in [2.45, 2.75) is 12.0 Å². The van der Waals surface area contributed by atoms with E-state index >= 15 is 0 Å². The number of hydrogen-bond acceptors (Lipinski definition) is 1. The van der Waals surface area contributed by atoms with Crippen LogP contribution in [-0.2, 0) is 0 Å². The third kappa shape index (κ3) is 2.17. The molecule has 5 aromatic rings. The number of fused-ring (bicyclic) bond motifs is 3. The Morgan fingerprint density at radius 2 is 1.37 bits per heavy atom. The number of nitrogens with zero attached hydrogens (tertiary/aromatic N) is 1. The molecule has 30 heavy (non-hydrogen) atoms. The van der Waals surface area contributed by atoms with Crippen LogP contribution in [0.4, 0.5) is 5.69 Å². The summed E-state index contributed by atoms with van der Waals surface area (Å²) in [4.78, 5) is 0. The van der Waals surface area contributed by atoms with Gasteiger partial charge in [-0.25, -0.2) is 0 Å². The second-order valence-electron chi connectivity index (χ2n) is 8.55. The van der Waals surface area contributed by atoms with Crippen LogP contribution in [0.3, 0.4) is 0 Å². The molecule has 0 amide bonds. The molecule has 0 bridgehead atoms. The van der Waals surface area contributed by atoms with E-state index in [1.807, 2.05) is 0 Å². The number of rotatable bonds is 2. The van der Waals surface area contributed by atoms with Crippen molar-refractivity contribution >= 4 is 52.9 Å². The van der Waals surface area contributed by atoms with E-state index in [1.165, 1.54) is 43.6 Å². The van der Waals surface area contributed by atoms with E-state index in [4.69, 9.17) is 0 Å². The molecule has 0 spiro atoms. The minimum atomic E-state index is -0.678. The summed E-state index contributed by atoms with van der Waals surface area (Å²) in [5.41, 5.74) is 2.91. The van der Waals surface area contributed by atoms with E-state index in [1.54, 1.807) is 5.19 Å². The summed E-state index contributed by atoms with van der Waals surface area (Å²) in [6.45, 7) is 0. The van der Waals surface area contributed by atoms with Crippen molar-refractivity contribution in [1.82, 2.24) is 0 Å². The Balaban J connectivity index is 1.43. The van der Waals surface area contributed by atoms with Crippen LogP contribution in [0.2, 0.25) is 0 Å². The molecule has 0 aromatic heterocycles. The molecule has 2 heteroatoms. The van der Waals surface area contributed by atoms with E-state index in [9.17, 15) is 0 Å². The standard InChI is InChI=1S/C28H21NSi/c1-3-10-24-21(8-1)22-9-2-4-11-25(22)29(24)30-26-17-15-20-13-12-18-6-5-7-19-14-16-23(26)28(20)27(18)19/h1-17,21,24H,30H2. The summed E-state index contributed by atoms with van der Waals surface area (Å²) < 4.78 is 2.73. The van der Waals surface area contributed by atoms with Crippen LogP contribution in [0.25, 0.3) is 32.3 Å². The maximum atomic E-state index is 2.73. The number of para-hydroxylation sites is 1. The lowest BCUT2D eigenvalue weighted by molar-refractivity contribution is 0.765.